The second-order valence-electron chi connectivity index (χ2n) is 8.48. The van der Waals surface area contributed by atoms with Gasteiger partial charge in [-0.1, -0.05) is 35.2 Å². The van der Waals surface area contributed by atoms with Crippen LogP contribution in [0.25, 0.3) is 0 Å². The molecular formula is C25H26BrNO6. The van der Waals surface area contributed by atoms with Gasteiger partial charge in [0, 0.05) is 21.6 Å². The summed E-state index contributed by atoms with van der Waals surface area (Å²) in [6.45, 7) is 0. The molecule has 33 heavy (non-hydrogen) atoms. The lowest BCUT2D eigenvalue weighted by atomic mass is 9.59. The molecule has 2 aliphatic rings. The van der Waals surface area contributed by atoms with Gasteiger partial charge in [0.25, 0.3) is 0 Å². The van der Waals surface area contributed by atoms with Crippen molar-refractivity contribution in [1.82, 2.24) is 0 Å². The highest BCUT2D eigenvalue weighted by Gasteiger charge is 2.57. The maximum absolute atomic E-state index is 13.5. The fraction of sp³-hybridized carbons (Fsp3) is 0.400. The third-order valence-corrected chi connectivity index (χ3v) is 7.17. The van der Waals surface area contributed by atoms with Crippen LogP contribution in [-0.4, -0.2) is 32.1 Å². The minimum Gasteiger partial charge on any atom is -0.497 e. The first-order valence-electron chi connectivity index (χ1n) is 10.9. The Morgan fingerprint density at radius 1 is 1.06 bits per heavy atom. The van der Waals surface area contributed by atoms with Crippen molar-refractivity contribution in [2.75, 3.05) is 19.5 Å². The van der Waals surface area contributed by atoms with Crippen LogP contribution in [0.4, 0.5) is 5.69 Å². The maximum atomic E-state index is 13.5. The Morgan fingerprint density at radius 2 is 1.76 bits per heavy atom. The van der Waals surface area contributed by atoms with Gasteiger partial charge in [0.2, 0.25) is 5.91 Å². The molecule has 174 valence electrons. The van der Waals surface area contributed by atoms with Crippen molar-refractivity contribution in [2.45, 2.75) is 38.0 Å². The molecule has 2 unspecified atom stereocenters. The predicted octanol–water partition coefficient (Wildman–Crippen LogP) is 4.84. The molecule has 4 rings (SSSR count). The molecule has 0 radical (unpaired) electrons. The van der Waals surface area contributed by atoms with Crippen LogP contribution in [-0.2, 0) is 19.1 Å². The van der Waals surface area contributed by atoms with E-state index in [1.807, 2.05) is 6.07 Å². The lowest BCUT2D eigenvalue weighted by molar-refractivity contribution is -0.162. The van der Waals surface area contributed by atoms with Crippen molar-refractivity contribution in [1.29, 1.82) is 0 Å². The molecule has 2 atom stereocenters. The number of anilines is 1. The van der Waals surface area contributed by atoms with Crippen molar-refractivity contribution in [3.8, 4) is 11.5 Å². The van der Waals surface area contributed by atoms with Gasteiger partial charge in [-0.3, -0.25) is 14.4 Å². The third-order valence-electron chi connectivity index (χ3n) is 6.68. The summed E-state index contributed by atoms with van der Waals surface area (Å²) in [5, 5.41) is 2.82. The number of hydrogen-bond donors (Lipinski definition) is 1. The van der Waals surface area contributed by atoms with E-state index in [0.717, 1.165) is 23.7 Å². The number of fused-ring (bicyclic) bond motifs is 1. The molecular weight excluding hydrogens is 490 g/mol. The summed E-state index contributed by atoms with van der Waals surface area (Å²) < 4.78 is 16.8. The number of halogens is 1. The molecule has 2 aromatic carbocycles. The zero-order valence-corrected chi connectivity index (χ0v) is 20.1. The Labute approximate surface area is 200 Å². The monoisotopic (exact) mass is 515 g/mol. The Hall–Kier alpha value is -2.87. The smallest absolute Gasteiger partial charge is 0.324 e. The van der Waals surface area contributed by atoms with E-state index >= 15 is 0 Å². The summed E-state index contributed by atoms with van der Waals surface area (Å²) in [4.78, 5) is 40.0. The molecule has 1 amide bonds. The highest BCUT2D eigenvalue weighted by molar-refractivity contribution is 9.10. The molecule has 1 aliphatic carbocycles. The highest BCUT2D eigenvalue weighted by Crippen LogP contribution is 2.55. The minimum atomic E-state index is -1.20. The van der Waals surface area contributed by atoms with E-state index in [4.69, 9.17) is 14.2 Å². The van der Waals surface area contributed by atoms with Gasteiger partial charge in [0.1, 0.15) is 17.4 Å². The fourth-order valence-corrected chi connectivity index (χ4v) is 5.52. The van der Waals surface area contributed by atoms with Crippen LogP contribution in [0.3, 0.4) is 0 Å². The highest BCUT2D eigenvalue weighted by atomic mass is 79.9. The van der Waals surface area contributed by atoms with E-state index in [1.165, 1.54) is 7.11 Å². The topological polar surface area (TPSA) is 90.9 Å². The molecule has 1 N–H and O–H groups in total. The molecule has 0 aromatic heterocycles. The fourth-order valence-electron chi connectivity index (χ4n) is 5.14. The largest absolute Gasteiger partial charge is 0.497 e. The lowest BCUT2D eigenvalue weighted by Gasteiger charge is -2.45. The Bertz CT molecular complexity index is 1060. The second-order valence-corrected chi connectivity index (χ2v) is 9.40. The normalized spacial score (nSPS) is 21.4. The number of benzene rings is 2. The van der Waals surface area contributed by atoms with Gasteiger partial charge in [-0.15, -0.1) is 0 Å². The summed E-state index contributed by atoms with van der Waals surface area (Å²) in [5.74, 6) is -2.48. The minimum absolute atomic E-state index is 0.371. The molecule has 8 heteroatoms. The molecule has 1 heterocycles. The van der Waals surface area contributed by atoms with Gasteiger partial charge in [-0.25, -0.2) is 0 Å². The summed E-state index contributed by atoms with van der Waals surface area (Å²) in [5.41, 5.74) is 0.179. The van der Waals surface area contributed by atoms with Gasteiger partial charge in [-0.05, 0) is 55.3 Å². The molecule has 0 saturated heterocycles. The zero-order valence-electron chi connectivity index (χ0n) is 18.6. The van der Waals surface area contributed by atoms with E-state index < -0.39 is 35.1 Å². The van der Waals surface area contributed by atoms with Gasteiger partial charge < -0.3 is 19.5 Å². The molecule has 1 aliphatic heterocycles. The predicted molar refractivity (Wildman–Crippen MR) is 125 cm³/mol. The quantitative estimate of drug-likeness (QED) is 0.348. The van der Waals surface area contributed by atoms with Crippen molar-refractivity contribution < 1.29 is 28.6 Å². The number of methoxy groups -OCH3 is 2. The average molecular weight is 516 g/mol. The second kappa shape index (κ2) is 9.55. The summed E-state index contributed by atoms with van der Waals surface area (Å²) in [6, 6.07) is 12.1. The number of nitrogens with one attached hydrogen (secondary N) is 1. The van der Waals surface area contributed by atoms with Crippen LogP contribution in [0.1, 0.15) is 43.6 Å². The van der Waals surface area contributed by atoms with Crippen LogP contribution in [0, 0.1) is 11.3 Å². The van der Waals surface area contributed by atoms with Crippen LogP contribution in [0.15, 0.2) is 46.9 Å². The average Bonchev–Trinajstić information content (AvgIpc) is 2.83. The van der Waals surface area contributed by atoms with Crippen LogP contribution in [0.2, 0.25) is 0 Å². The van der Waals surface area contributed by atoms with Crippen molar-refractivity contribution in [3.63, 3.8) is 0 Å². The van der Waals surface area contributed by atoms with E-state index in [0.29, 0.717) is 35.6 Å². The van der Waals surface area contributed by atoms with Gasteiger partial charge >= 0.3 is 11.9 Å². The molecule has 1 fully saturated rings. The third kappa shape index (κ3) is 4.36. The van der Waals surface area contributed by atoms with Crippen LogP contribution in [0.5, 0.6) is 11.5 Å². The zero-order chi connectivity index (χ0) is 23.6. The summed E-state index contributed by atoms with van der Waals surface area (Å²) in [7, 11) is 2.91. The first-order valence-corrected chi connectivity index (χ1v) is 11.7. The van der Waals surface area contributed by atoms with E-state index in [-0.39, 0.29) is 0 Å². The molecule has 0 bridgehead atoms. The van der Waals surface area contributed by atoms with E-state index in [2.05, 4.69) is 21.2 Å². The molecule has 2 aromatic rings. The SMILES string of the molecule is COC(=O)C1(C2c3cc(Br)ccc3OC(=O)C2C(=O)Nc2ccc(OC)cc2)CCCCC1. The van der Waals surface area contributed by atoms with Crippen molar-refractivity contribution >= 4 is 39.5 Å². The number of esters is 2. The number of carbonyl (C=O) groups excluding carboxylic acids is 3. The number of ether oxygens (including phenoxy) is 3. The number of hydrogen-bond acceptors (Lipinski definition) is 6. The number of rotatable bonds is 5. The standard InChI is InChI=1S/C25H26BrNO6/c1-31-17-9-7-16(8-10-17)27-22(28)20-21(25(24(30)32-2)12-4-3-5-13-25)18-14-15(26)6-11-19(18)33-23(20)29/h6-11,14,20-21H,3-5,12-13H2,1-2H3,(H,27,28). The van der Waals surface area contributed by atoms with Gasteiger partial charge in [0.15, 0.2) is 0 Å². The molecule has 0 spiro atoms. The molecule has 1 saturated carbocycles. The first kappa shape index (κ1) is 23.3. The first-order chi connectivity index (χ1) is 15.9. The molecule has 7 nitrogen and oxygen atoms in total. The number of amides is 1. The Balaban J connectivity index is 1.80. The van der Waals surface area contributed by atoms with Crippen molar-refractivity contribution in [2.24, 2.45) is 11.3 Å². The van der Waals surface area contributed by atoms with Crippen molar-refractivity contribution in [3.05, 3.63) is 52.5 Å². The van der Waals surface area contributed by atoms with Crippen LogP contribution < -0.4 is 14.8 Å². The van der Waals surface area contributed by atoms with Gasteiger partial charge in [0.05, 0.1) is 19.6 Å². The maximum Gasteiger partial charge on any atom is 0.324 e. The number of carbonyl (C=O) groups is 3. The Kier molecular flexibility index (Phi) is 6.74. The van der Waals surface area contributed by atoms with Gasteiger partial charge in [-0.2, -0.15) is 0 Å². The summed E-state index contributed by atoms with van der Waals surface area (Å²) in [6.07, 6.45) is 3.70. The Morgan fingerprint density at radius 3 is 2.39 bits per heavy atom. The van der Waals surface area contributed by atoms with Crippen LogP contribution >= 0.6 is 15.9 Å². The van der Waals surface area contributed by atoms with E-state index in [9.17, 15) is 14.4 Å². The lowest BCUT2D eigenvalue weighted by Crippen LogP contribution is -2.51. The van der Waals surface area contributed by atoms with E-state index in [1.54, 1.807) is 43.5 Å². The summed E-state index contributed by atoms with van der Waals surface area (Å²) >= 11 is 3.48.